The van der Waals surface area contributed by atoms with Gasteiger partial charge in [0.2, 0.25) is 0 Å². The molecule has 1 unspecified atom stereocenters. The molecule has 3 rings (SSSR count). The highest BCUT2D eigenvalue weighted by Crippen LogP contribution is 2.38. The van der Waals surface area contributed by atoms with E-state index in [0.717, 1.165) is 25.8 Å². The number of amides is 1. The Bertz CT molecular complexity index is 612. The van der Waals surface area contributed by atoms with Crippen molar-refractivity contribution in [2.45, 2.75) is 45.3 Å². The normalized spacial score (nSPS) is 21.1. The maximum Gasteiger partial charge on any atom is 0.256 e. The van der Waals surface area contributed by atoms with Gasteiger partial charge in [-0.05, 0) is 32.3 Å². The Labute approximate surface area is 130 Å². The third-order valence-electron chi connectivity index (χ3n) is 4.36. The van der Waals surface area contributed by atoms with Crippen molar-refractivity contribution < 1.29 is 14.3 Å². The van der Waals surface area contributed by atoms with E-state index in [1.807, 2.05) is 24.1 Å². The van der Waals surface area contributed by atoms with Crippen LogP contribution in [0.2, 0.25) is 0 Å². The molecule has 0 bridgehead atoms. The fraction of sp³-hybridized carbons (Fsp3) is 0.529. The predicted octanol–water partition coefficient (Wildman–Crippen LogP) is 3.19. The lowest BCUT2D eigenvalue weighted by molar-refractivity contribution is 0.0774. The molecule has 0 aromatic heterocycles. The van der Waals surface area contributed by atoms with E-state index in [1.54, 1.807) is 13.2 Å². The molecule has 1 fully saturated rings. The number of benzene rings is 1. The molecule has 0 aliphatic carbocycles. The molecule has 1 amide bonds. The lowest BCUT2D eigenvalue weighted by atomic mass is 10.1. The van der Waals surface area contributed by atoms with Gasteiger partial charge in [-0.25, -0.2) is 0 Å². The van der Waals surface area contributed by atoms with Crippen molar-refractivity contribution in [1.29, 1.82) is 0 Å². The number of fused-ring (bicyclic) bond motifs is 2. The Morgan fingerprint density at radius 1 is 1.41 bits per heavy atom. The standard InChI is InChI=1S/C17H22N2O3/c1-4-11(2)22-16-9-14-13(8-15(16)21-3)17(20)19-7-5-6-12(19)10-18-14/h8-12H,4-7H2,1-3H3/t11?,12-/m0/s1. The molecule has 1 saturated heterocycles. The molecule has 2 aliphatic heterocycles. The van der Waals surface area contributed by atoms with Crippen LogP contribution in [0.15, 0.2) is 17.1 Å². The quantitative estimate of drug-likeness (QED) is 0.858. The van der Waals surface area contributed by atoms with Crippen molar-refractivity contribution >= 4 is 17.8 Å². The molecule has 5 heteroatoms. The molecule has 2 atom stereocenters. The van der Waals surface area contributed by atoms with E-state index < -0.39 is 0 Å². The van der Waals surface area contributed by atoms with Crippen LogP contribution in [0, 0.1) is 0 Å². The zero-order chi connectivity index (χ0) is 15.7. The minimum atomic E-state index is 0.0309. The maximum atomic E-state index is 12.7. The Morgan fingerprint density at radius 2 is 2.23 bits per heavy atom. The minimum Gasteiger partial charge on any atom is -0.493 e. The van der Waals surface area contributed by atoms with Crippen molar-refractivity contribution in [3.63, 3.8) is 0 Å². The maximum absolute atomic E-state index is 12.7. The second-order valence-electron chi connectivity index (χ2n) is 5.84. The first-order chi connectivity index (χ1) is 10.6. The summed E-state index contributed by atoms with van der Waals surface area (Å²) in [5.74, 6) is 1.26. The summed E-state index contributed by atoms with van der Waals surface area (Å²) in [5.41, 5.74) is 1.26. The molecular weight excluding hydrogens is 280 g/mol. The smallest absolute Gasteiger partial charge is 0.256 e. The second-order valence-corrected chi connectivity index (χ2v) is 5.84. The summed E-state index contributed by atoms with van der Waals surface area (Å²) >= 11 is 0. The highest BCUT2D eigenvalue weighted by molar-refractivity contribution is 6.03. The molecule has 0 saturated carbocycles. The third-order valence-corrected chi connectivity index (χ3v) is 4.36. The summed E-state index contributed by atoms with van der Waals surface area (Å²) < 4.78 is 11.3. The minimum absolute atomic E-state index is 0.0309. The summed E-state index contributed by atoms with van der Waals surface area (Å²) in [6.07, 6.45) is 4.88. The molecule has 2 aliphatic rings. The lowest BCUT2D eigenvalue weighted by Gasteiger charge is -2.21. The molecule has 1 aromatic carbocycles. The molecule has 118 valence electrons. The van der Waals surface area contributed by atoms with Gasteiger partial charge in [0.25, 0.3) is 5.91 Å². The summed E-state index contributed by atoms with van der Waals surface area (Å²) in [4.78, 5) is 19.1. The number of nitrogens with zero attached hydrogens (tertiary/aromatic N) is 2. The predicted molar refractivity (Wildman–Crippen MR) is 85.6 cm³/mol. The zero-order valence-corrected chi connectivity index (χ0v) is 13.3. The fourth-order valence-electron chi connectivity index (χ4n) is 2.90. The average Bonchev–Trinajstić information content (AvgIpc) is 2.96. The number of aliphatic imine (C=N–C) groups is 1. The molecule has 0 N–H and O–H groups in total. The molecule has 5 nitrogen and oxygen atoms in total. The average molecular weight is 302 g/mol. The van der Waals surface area contributed by atoms with Crippen LogP contribution >= 0.6 is 0 Å². The topological polar surface area (TPSA) is 51.1 Å². The monoisotopic (exact) mass is 302 g/mol. The number of carbonyl (C=O) groups excluding carboxylic acids is 1. The third kappa shape index (κ3) is 2.56. The first-order valence-corrected chi connectivity index (χ1v) is 7.88. The summed E-state index contributed by atoms with van der Waals surface area (Å²) in [7, 11) is 1.59. The van der Waals surface area contributed by atoms with Gasteiger partial charge in [-0.2, -0.15) is 0 Å². The van der Waals surface area contributed by atoms with Gasteiger partial charge in [0.05, 0.1) is 30.5 Å². The van der Waals surface area contributed by atoms with Gasteiger partial charge >= 0.3 is 0 Å². The lowest BCUT2D eigenvalue weighted by Crippen LogP contribution is -2.35. The van der Waals surface area contributed by atoms with E-state index in [9.17, 15) is 4.79 Å². The highest BCUT2D eigenvalue weighted by Gasteiger charge is 2.32. The zero-order valence-electron chi connectivity index (χ0n) is 13.3. The van der Waals surface area contributed by atoms with Gasteiger partial charge in [-0.3, -0.25) is 9.79 Å². The second kappa shape index (κ2) is 5.99. The van der Waals surface area contributed by atoms with E-state index in [4.69, 9.17) is 9.47 Å². The summed E-state index contributed by atoms with van der Waals surface area (Å²) in [6, 6.07) is 3.69. The SMILES string of the molecule is CCC(C)Oc1cc2c(cc1OC)C(=O)N1CCC[C@H]1C=N2. The van der Waals surface area contributed by atoms with Crippen molar-refractivity contribution in [3.05, 3.63) is 17.7 Å². The van der Waals surface area contributed by atoms with Crippen molar-refractivity contribution in [1.82, 2.24) is 4.90 Å². The number of hydrogen-bond acceptors (Lipinski definition) is 4. The van der Waals surface area contributed by atoms with Crippen molar-refractivity contribution in [2.75, 3.05) is 13.7 Å². The highest BCUT2D eigenvalue weighted by atomic mass is 16.5. The number of methoxy groups -OCH3 is 1. The van der Waals surface area contributed by atoms with Gasteiger partial charge in [0.1, 0.15) is 0 Å². The van der Waals surface area contributed by atoms with Crippen molar-refractivity contribution in [3.8, 4) is 11.5 Å². The van der Waals surface area contributed by atoms with Crippen LogP contribution in [0.4, 0.5) is 5.69 Å². The molecule has 0 radical (unpaired) electrons. The van der Waals surface area contributed by atoms with Gasteiger partial charge in [0, 0.05) is 18.8 Å². The van der Waals surface area contributed by atoms with E-state index in [1.165, 1.54) is 0 Å². The number of carbonyl (C=O) groups is 1. The van der Waals surface area contributed by atoms with Crippen LogP contribution in [0.1, 0.15) is 43.5 Å². The van der Waals surface area contributed by atoms with E-state index >= 15 is 0 Å². The molecule has 22 heavy (non-hydrogen) atoms. The van der Waals surface area contributed by atoms with Crippen LogP contribution in [-0.4, -0.2) is 42.8 Å². The van der Waals surface area contributed by atoms with Crippen molar-refractivity contribution in [2.24, 2.45) is 4.99 Å². The van der Waals surface area contributed by atoms with Gasteiger partial charge in [0.15, 0.2) is 11.5 Å². The van der Waals surface area contributed by atoms with E-state index in [2.05, 4.69) is 11.9 Å². The van der Waals surface area contributed by atoms with E-state index in [0.29, 0.717) is 22.7 Å². The summed E-state index contributed by atoms with van der Waals surface area (Å²) in [6.45, 7) is 4.87. The Kier molecular flexibility index (Phi) is 4.05. The van der Waals surface area contributed by atoms with Crippen LogP contribution in [0.3, 0.4) is 0 Å². The number of hydrogen-bond donors (Lipinski definition) is 0. The number of ether oxygens (including phenoxy) is 2. The molecule has 1 aromatic rings. The van der Waals surface area contributed by atoms with Gasteiger partial charge in [-0.15, -0.1) is 0 Å². The van der Waals surface area contributed by atoms with Crippen LogP contribution in [0.25, 0.3) is 0 Å². The van der Waals surface area contributed by atoms with Gasteiger partial charge in [-0.1, -0.05) is 6.92 Å². The number of rotatable bonds is 4. The first-order valence-electron chi connectivity index (χ1n) is 7.88. The summed E-state index contributed by atoms with van der Waals surface area (Å²) in [5, 5.41) is 0. The van der Waals surface area contributed by atoms with Crippen LogP contribution in [0.5, 0.6) is 11.5 Å². The van der Waals surface area contributed by atoms with Crippen LogP contribution in [-0.2, 0) is 0 Å². The Balaban J connectivity index is 2.02. The van der Waals surface area contributed by atoms with Crippen LogP contribution < -0.4 is 9.47 Å². The first kappa shape index (κ1) is 14.9. The fourth-order valence-corrected chi connectivity index (χ4v) is 2.90. The Hall–Kier alpha value is -2.04. The molecular formula is C17H22N2O3. The molecule has 2 heterocycles. The van der Waals surface area contributed by atoms with E-state index in [-0.39, 0.29) is 18.1 Å². The van der Waals surface area contributed by atoms with Gasteiger partial charge < -0.3 is 14.4 Å². The Morgan fingerprint density at radius 3 is 2.95 bits per heavy atom. The molecule has 0 spiro atoms. The largest absolute Gasteiger partial charge is 0.493 e.